The van der Waals surface area contributed by atoms with E-state index in [9.17, 15) is 0 Å². The number of hydrogen-bond acceptors (Lipinski definition) is 5. The Hall–Kier alpha value is -2.27. The molecule has 0 unspecified atom stereocenters. The largest absolute Gasteiger partial charge is 0.481 e. The summed E-state index contributed by atoms with van der Waals surface area (Å²) in [6, 6.07) is 7.92. The molecule has 0 saturated heterocycles. The van der Waals surface area contributed by atoms with Gasteiger partial charge in [0.2, 0.25) is 5.88 Å². The standard InChI is InChI=1S/C16H15N3OS/c1-3-13-8-12(5-6-17-13)16-19-14(10-21-16)11-4-7-18-15(9-11)20-2/h4-10H,3H2,1-2H3. The summed E-state index contributed by atoms with van der Waals surface area (Å²) in [4.78, 5) is 13.1. The SMILES string of the molecule is CCc1cc(-c2nc(-c3ccnc(OC)c3)cs2)ccn1. The predicted octanol–water partition coefficient (Wildman–Crippen LogP) is 3.84. The van der Waals surface area contributed by atoms with E-state index in [4.69, 9.17) is 9.72 Å². The van der Waals surface area contributed by atoms with Gasteiger partial charge in [0.05, 0.1) is 12.8 Å². The van der Waals surface area contributed by atoms with Gasteiger partial charge in [0, 0.05) is 40.7 Å². The second-order valence-electron chi connectivity index (χ2n) is 4.51. The van der Waals surface area contributed by atoms with Gasteiger partial charge in [0.15, 0.2) is 0 Å². The number of ether oxygens (including phenoxy) is 1. The molecule has 0 N–H and O–H groups in total. The molecule has 3 aromatic heterocycles. The molecule has 0 atom stereocenters. The highest BCUT2D eigenvalue weighted by molar-refractivity contribution is 7.13. The van der Waals surface area contributed by atoms with Gasteiger partial charge in [-0.3, -0.25) is 4.98 Å². The molecule has 4 nitrogen and oxygen atoms in total. The quantitative estimate of drug-likeness (QED) is 0.734. The van der Waals surface area contributed by atoms with E-state index >= 15 is 0 Å². The zero-order valence-corrected chi connectivity index (χ0v) is 12.7. The van der Waals surface area contributed by atoms with E-state index in [1.165, 1.54) is 0 Å². The van der Waals surface area contributed by atoms with Crippen LogP contribution < -0.4 is 4.74 Å². The first-order chi connectivity index (χ1) is 10.3. The minimum atomic E-state index is 0.597. The van der Waals surface area contributed by atoms with Crippen LogP contribution in [-0.4, -0.2) is 22.1 Å². The van der Waals surface area contributed by atoms with Crippen LogP contribution in [0.2, 0.25) is 0 Å². The molecule has 0 aliphatic carbocycles. The molecule has 0 amide bonds. The zero-order valence-electron chi connectivity index (χ0n) is 11.9. The fourth-order valence-corrected chi connectivity index (χ4v) is 2.85. The Morgan fingerprint density at radius 3 is 2.71 bits per heavy atom. The molecule has 0 fully saturated rings. The lowest BCUT2D eigenvalue weighted by Crippen LogP contribution is -1.88. The molecule has 0 aliphatic heterocycles. The third kappa shape index (κ3) is 2.92. The average molecular weight is 297 g/mol. The molecular formula is C16H15N3OS. The van der Waals surface area contributed by atoms with E-state index in [-0.39, 0.29) is 0 Å². The van der Waals surface area contributed by atoms with E-state index < -0.39 is 0 Å². The number of pyridine rings is 2. The summed E-state index contributed by atoms with van der Waals surface area (Å²) in [5.74, 6) is 0.597. The highest BCUT2D eigenvalue weighted by Gasteiger charge is 2.08. The average Bonchev–Trinajstić information content (AvgIpc) is 3.05. The smallest absolute Gasteiger partial charge is 0.213 e. The minimum Gasteiger partial charge on any atom is -0.481 e. The summed E-state index contributed by atoms with van der Waals surface area (Å²) < 4.78 is 5.15. The van der Waals surface area contributed by atoms with E-state index in [0.717, 1.165) is 33.9 Å². The molecule has 5 heteroatoms. The van der Waals surface area contributed by atoms with Crippen LogP contribution in [0.4, 0.5) is 0 Å². The summed E-state index contributed by atoms with van der Waals surface area (Å²) >= 11 is 1.63. The highest BCUT2D eigenvalue weighted by atomic mass is 32.1. The van der Waals surface area contributed by atoms with Gasteiger partial charge in [-0.15, -0.1) is 11.3 Å². The van der Waals surface area contributed by atoms with E-state index in [2.05, 4.69) is 28.3 Å². The van der Waals surface area contributed by atoms with Crippen LogP contribution in [-0.2, 0) is 6.42 Å². The number of hydrogen-bond donors (Lipinski definition) is 0. The Morgan fingerprint density at radius 2 is 1.90 bits per heavy atom. The molecule has 0 spiro atoms. The van der Waals surface area contributed by atoms with Crippen molar-refractivity contribution in [2.75, 3.05) is 7.11 Å². The van der Waals surface area contributed by atoms with Gasteiger partial charge in [-0.1, -0.05) is 6.92 Å². The van der Waals surface area contributed by atoms with Crippen molar-refractivity contribution in [3.8, 4) is 27.7 Å². The number of rotatable bonds is 4. The minimum absolute atomic E-state index is 0.597. The molecule has 0 bridgehead atoms. The van der Waals surface area contributed by atoms with Crippen molar-refractivity contribution in [2.45, 2.75) is 13.3 Å². The van der Waals surface area contributed by atoms with Gasteiger partial charge in [0.25, 0.3) is 0 Å². The zero-order chi connectivity index (χ0) is 14.7. The molecular weight excluding hydrogens is 282 g/mol. The predicted molar refractivity (Wildman–Crippen MR) is 84.5 cm³/mol. The van der Waals surface area contributed by atoms with E-state index in [0.29, 0.717) is 5.88 Å². The number of aromatic nitrogens is 3. The summed E-state index contributed by atoms with van der Waals surface area (Å²) in [7, 11) is 1.61. The van der Waals surface area contributed by atoms with E-state index in [1.807, 2.05) is 24.4 Å². The van der Waals surface area contributed by atoms with Crippen LogP contribution in [0, 0.1) is 0 Å². The van der Waals surface area contributed by atoms with Crippen molar-refractivity contribution < 1.29 is 4.74 Å². The molecule has 3 heterocycles. The van der Waals surface area contributed by atoms with Crippen molar-refractivity contribution in [2.24, 2.45) is 0 Å². The first-order valence-corrected chi connectivity index (χ1v) is 7.59. The second kappa shape index (κ2) is 6.01. The lowest BCUT2D eigenvalue weighted by molar-refractivity contribution is 0.398. The fourth-order valence-electron chi connectivity index (χ4n) is 2.02. The van der Waals surface area contributed by atoms with Crippen molar-refractivity contribution >= 4 is 11.3 Å². The molecule has 21 heavy (non-hydrogen) atoms. The van der Waals surface area contributed by atoms with Crippen LogP contribution in [0.25, 0.3) is 21.8 Å². The Morgan fingerprint density at radius 1 is 1.10 bits per heavy atom. The van der Waals surface area contributed by atoms with Gasteiger partial charge in [-0.05, 0) is 24.6 Å². The number of methoxy groups -OCH3 is 1. The number of thiazole rings is 1. The highest BCUT2D eigenvalue weighted by Crippen LogP contribution is 2.29. The Kier molecular flexibility index (Phi) is 3.92. The molecule has 3 rings (SSSR count). The van der Waals surface area contributed by atoms with Crippen molar-refractivity contribution in [1.29, 1.82) is 0 Å². The van der Waals surface area contributed by atoms with E-state index in [1.54, 1.807) is 24.6 Å². The second-order valence-corrected chi connectivity index (χ2v) is 5.37. The Balaban J connectivity index is 1.95. The first-order valence-electron chi connectivity index (χ1n) is 6.71. The van der Waals surface area contributed by atoms with Crippen LogP contribution in [0.15, 0.2) is 42.0 Å². The maximum absolute atomic E-state index is 5.15. The Labute approximate surface area is 127 Å². The lowest BCUT2D eigenvalue weighted by atomic mass is 10.2. The Bertz CT molecular complexity index is 693. The maximum Gasteiger partial charge on any atom is 0.213 e. The molecule has 3 aromatic rings. The molecule has 0 radical (unpaired) electrons. The van der Waals surface area contributed by atoms with Crippen LogP contribution in [0.1, 0.15) is 12.6 Å². The summed E-state index contributed by atoms with van der Waals surface area (Å²) in [5, 5.41) is 3.05. The van der Waals surface area contributed by atoms with Gasteiger partial charge < -0.3 is 4.74 Å². The number of aryl methyl sites for hydroxylation is 1. The normalized spacial score (nSPS) is 10.6. The van der Waals surface area contributed by atoms with Crippen molar-refractivity contribution in [3.05, 3.63) is 47.7 Å². The number of nitrogens with zero attached hydrogens (tertiary/aromatic N) is 3. The van der Waals surface area contributed by atoms with Gasteiger partial charge in [-0.25, -0.2) is 9.97 Å². The third-order valence-electron chi connectivity index (χ3n) is 3.17. The molecule has 0 aromatic carbocycles. The van der Waals surface area contributed by atoms with Crippen molar-refractivity contribution in [1.82, 2.24) is 15.0 Å². The van der Waals surface area contributed by atoms with Crippen LogP contribution in [0.3, 0.4) is 0 Å². The summed E-state index contributed by atoms with van der Waals surface area (Å²) in [5.41, 5.74) is 4.13. The van der Waals surface area contributed by atoms with Gasteiger partial charge >= 0.3 is 0 Å². The fraction of sp³-hybridized carbons (Fsp3) is 0.188. The third-order valence-corrected chi connectivity index (χ3v) is 4.06. The topological polar surface area (TPSA) is 47.9 Å². The maximum atomic E-state index is 5.15. The summed E-state index contributed by atoms with van der Waals surface area (Å²) in [6.45, 7) is 2.10. The molecule has 0 aliphatic rings. The first kappa shape index (κ1) is 13.7. The van der Waals surface area contributed by atoms with Gasteiger partial charge in [0.1, 0.15) is 5.01 Å². The molecule has 0 saturated carbocycles. The van der Waals surface area contributed by atoms with Crippen molar-refractivity contribution in [3.63, 3.8) is 0 Å². The molecule has 106 valence electrons. The van der Waals surface area contributed by atoms with Crippen LogP contribution >= 0.6 is 11.3 Å². The van der Waals surface area contributed by atoms with Gasteiger partial charge in [-0.2, -0.15) is 0 Å². The van der Waals surface area contributed by atoms with Crippen LogP contribution in [0.5, 0.6) is 5.88 Å². The monoisotopic (exact) mass is 297 g/mol. The summed E-state index contributed by atoms with van der Waals surface area (Å²) in [6.07, 6.45) is 4.49. The lowest BCUT2D eigenvalue weighted by Gasteiger charge is -2.01.